The molecule has 1 aliphatic heterocycles. The van der Waals surface area contributed by atoms with Crippen molar-refractivity contribution in [3.63, 3.8) is 0 Å². The molecule has 1 unspecified atom stereocenters. The summed E-state index contributed by atoms with van der Waals surface area (Å²) in [6.45, 7) is 2.38. The van der Waals surface area contributed by atoms with Crippen LogP contribution in [-0.2, 0) is 16.1 Å². The number of amides is 1. The number of hydrogen-bond donors (Lipinski definition) is 2. The molecular formula is C20H22N2O5S. The highest BCUT2D eigenvalue weighted by Crippen LogP contribution is 2.44. The molecule has 28 heavy (non-hydrogen) atoms. The van der Waals surface area contributed by atoms with E-state index in [-0.39, 0.29) is 12.5 Å². The van der Waals surface area contributed by atoms with Gasteiger partial charge in [0.1, 0.15) is 0 Å². The van der Waals surface area contributed by atoms with Gasteiger partial charge >= 0.3 is 5.97 Å². The Bertz CT molecular complexity index is 999. The Morgan fingerprint density at radius 2 is 1.96 bits per heavy atom. The number of carbonyl (C=O) groups excluding carboxylic acids is 1. The van der Waals surface area contributed by atoms with Gasteiger partial charge in [0.15, 0.2) is 0 Å². The lowest BCUT2D eigenvalue weighted by molar-refractivity contribution is -0.147. The molecule has 0 bridgehead atoms. The van der Waals surface area contributed by atoms with Crippen molar-refractivity contribution in [1.29, 1.82) is 0 Å². The van der Waals surface area contributed by atoms with Gasteiger partial charge in [-0.05, 0) is 38.0 Å². The van der Waals surface area contributed by atoms with Crippen LogP contribution in [0.2, 0.25) is 0 Å². The summed E-state index contributed by atoms with van der Waals surface area (Å²) in [5, 5.41) is 11.2. The predicted molar refractivity (Wildman–Crippen MR) is 108 cm³/mol. The second kappa shape index (κ2) is 6.86. The van der Waals surface area contributed by atoms with Crippen LogP contribution in [0.3, 0.4) is 0 Å². The topological polar surface area (TPSA) is 98.2 Å². The molecule has 4 rings (SSSR count). The van der Waals surface area contributed by atoms with E-state index in [1.807, 2.05) is 13.0 Å². The van der Waals surface area contributed by atoms with Crippen molar-refractivity contribution in [3.8, 4) is 0 Å². The molecule has 8 heteroatoms. The minimum atomic E-state index is -2.39. The van der Waals surface area contributed by atoms with Crippen molar-refractivity contribution in [2.45, 2.75) is 32.6 Å². The first-order valence-corrected chi connectivity index (χ1v) is 10.5. The van der Waals surface area contributed by atoms with E-state index < -0.39 is 22.7 Å². The van der Waals surface area contributed by atoms with Crippen molar-refractivity contribution in [1.82, 2.24) is 0 Å². The summed E-state index contributed by atoms with van der Waals surface area (Å²) in [5.74, 6) is -1.02. The Balaban J connectivity index is 1.86. The standard InChI is InChI=1S/C20H22N2O5S/c1-2-21-16-9-8-15(13-6-5-7-14(17(13)16)18(21)23)22(28(26)27)12-20(19(24)25)10-3-4-11-20/h5-9H,2-4,10-12H2,1H3,(H,24,25)(H,26,27). The van der Waals surface area contributed by atoms with Crippen LogP contribution in [0.4, 0.5) is 11.4 Å². The summed E-state index contributed by atoms with van der Waals surface area (Å²) in [6.07, 6.45) is 2.56. The molecular weight excluding hydrogens is 380 g/mol. The molecule has 2 aromatic carbocycles. The summed E-state index contributed by atoms with van der Waals surface area (Å²) < 4.78 is 23.5. The predicted octanol–water partition coefficient (Wildman–Crippen LogP) is 3.41. The minimum Gasteiger partial charge on any atom is -0.481 e. The number of nitrogens with zero attached hydrogens (tertiary/aromatic N) is 2. The van der Waals surface area contributed by atoms with Crippen molar-refractivity contribution in [3.05, 3.63) is 35.9 Å². The molecule has 0 aromatic heterocycles. The first kappa shape index (κ1) is 18.9. The van der Waals surface area contributed by atoms with Gasteiger partial charge in [0.05, 0.1) is 23.3 Å². The lowest BCUT2D eigenvalue weighted by Gasteiger charge is -2.31. The number of hydrogen-bond acceptors (Lipinski definition) is 3. The second-order valence-electron chi connectivity index (χ2n) is 7.44. The highest BCUT2D eigenvalue weighted by Gasteiger charge is 2.44. The minimum absolute atomic E-state index is 0.0461. The lowest BCUT2D eigenvalue weighted by Crippen LogP contribution is -2.42. The zero-order chi connectivity index (χ0) is 20.1. The fourth-order valence-corrected chi connectivity index (χ4v) is 5.24. The lowest BCUT2D eigenvalue weighted by atomic mass is 9.86. The Morgan fingerprint density at radius 3 is 2.57 bits per heavy atom. The summed E-state index contributed by atoms with van der Waals surface area (Å²) >= 11 is -2.39. The summed E-state index contributed by atoms with van der Waals surface area (Å²) in [6, 6.07) is 8.80. The first-order chi connectivity index (χ1) is 13.4. The number of carboxylic acids is 1. The van der Waals surface area contributed by atoms with Gasteiger partial charge in [-0.25, -0.2) is 4.21 Å². The van der Waals surface area contributed by atoms with Crippen molar-refractivity contribution < 1.29 is 23.5 Å². The molecule has 1 heterocycles. The van der Waals surface area contributed by atoms with Gasteiger partial charge in [-0.15, -0.1) is 0 Å². The van der Waals surface area contributed by atoms with Crippen LogP contribution in [0.5, 0.6) is 0 Å². The normalized spacial score (nSPS) is 18.6. The van der Waals surface area contributed by atoms with E-state index in [1.54, 1.807) is 29.2 Å². The summed E-state index contributed by atoms with van der Waals surface area (Å²) in [4.78, 5) is 26.3. The molecule has 1 atom stereocenters. The van der Waals surface area contributed by atoms with E-state index in [0.717, 1.165) is 23.9 Å². The maximum absolute atomic E-state index is 12.7. The van der Waals surface area contributed by atoms with Crippen LogP contribution < -0.4 is 9.21 Å². The Labute approximate surface area is 165 Å². The van der Waals surface area contributed by atoms with Crippen LogP contribution in [0.1, 0.15) is 43.0 Å². The van der Waals surface area contributed by atoms with Crippen LogP contribution in [-0.4, -0.2) is 38.8 Å². The molecule has 2 aromatic rings. The number of anilines is 2. The van der Waals surface area contributed by atoms with Gasteiger partial charge in [-0.3, -0.25) is 18.4 Å². The zero-order valence-electron chi connectivity index (χ0n) is 15.6. The van der Waals surface area contributed by atoms with Crippen molar-refractivity contribution in [2.24, 2.45) is 5.41 Å². The largest absolute Gasteiger partial charge is 0.481 e. The van der Waals surface area contributed by atoms with Gasteiger partial charge in [0, 0.05) is 22.9 Å². The van der Waals surface area contributed by atoms with Gasteiger partial charge in [0.2, 0.25) is 0 Å². The van der Waals surface area contributed by atoms with Gasteiger partial charge in [0.25, 0.3) is 17.2 Å². The number of carboxylic acid groups (broad SMARTS) is 1. The van der Waals surface area contributed by atoms with E-state index in [4.69, 9.17) is 0 Å². The third-order valence-electron chi connectivity index (χ3n) is 6.00. The number of carbonyl (C=O) groups is 2. The van der Waals surface area contributed by atoms with Crippen LogP contribution >= 0.6 is 0 Å². The highest BCUT2D eigenvalue weighted by atomic mass is 32.2. The molecule has 1 saturated carbocycles. The molecule has 2 aliphatic rings. The van der Waals surface area contributed by atoms with Gasteiger partial charge in [-0.1, -0.05) is 25.0 Å². The van der Waals surface area contributed by atoms with Crippen LogP contribution in [0, 0.1) is 5.41 Å². The molecule has 0 spiro atoms. The Hall–Kier alpha value is -2.45. The molecule has 0 radical (unpaired) electrons. The summed E-state index contributed by atoms with van der Waals surface area (Å²) in [5.41, 5.74) is 0.777. The average molecular weight is 402 g/mol. The smallest absolute Gasteiger partial charge is 0.311 e. The third kappa shape index (κ3) is 2.70. The molecule has 1 amide bonds. The average Bonchev–Trinajstić information content (AvgIpc) is 3.26. The third-order valence-corrected chi connectivity index (χ3v) is 6.70. The maximum Gasteiger partial charge on any atom is 0.311 e. The van der Waals surface area contributed by atoms with Crippen molar-refractivity contribution >= 4 is 45.3 Å². The molecule has 1 aliphatic carbocycles. The number of rotatable bonds is 6. The number of benzene rings is 2. The van der Waals surface area contributed by atoms with E-state index >= 15 is 0 Å². The van der Waals surface area contributed by atoms with E-state index in [0.29, 0.717) is 36.0 Å². The summed E-state index contributed by atoms with van der Waals surface area (Å²) in [7, 11) is 0. The molecule has 7 nitrogen and oxygen atoms in total. The fraction of sp³-hybridized carbons (Fsp3) is 0.400. The van der Waals surface area contributed by atoms with Crippen LogP contribution in [0.15, 0.2) is 30.3 Å². The maximum atomic E-state index is 12.7. The van der Waals surface area contributed by atoms with Crippen LogP contribution in [0.25, 0.3) is 10.8 Å². The fourth-order valence-electron chi connectivity index (χ4n) is 4.55. The molecule has 2 N–H and O–H groups in total. The first-order valence-electron chi connectivity index (χ1n) is 9.39. The van der Waals surface area contributed by atoms with Gasteiger partial charge < -0.3 is 10.0 Å². The van der Waals surface area contributed by atoms with E-state index in [2.05, 4.69) is 0 Å². The number of aliphatic carboxylic acids is 1. The monoisotopic (exact) mass is 402 g/mol. The van der Waals surface area contributed by atoms with Gasteiger partial charge in [-0.2, -0.15) is 0 Å². The van der Waals surface area contributed by atoms with Crippen molar-refractivity contribution in [2.75, 3.05) is 22.3 Å². The van der Waals surface area contributed by atoms with E-state index in [1.165, 1.54) is 4.31 Å². The van der Waals surface area contributed by atoms with E-state index in [9.17, 15) is 23.5 Å². The highest BCUT2D eigenvalue weighted by molar-refractivity contribution is 7.80. The zero-order valence-corrected chi connectivity index (χ0v) is 16.4. The SMILES string of the molecule is CCN1C(=O)c2cccc3c(N(CC4(C(=O)O)CCCC4)S(=O)O)ccc1c23. The Kier molecular flexibility index (Phi) is 4.63. The Morgan fingerprint density at radius 1 is 1.25 bits per heavy atom. The second-order valence-corrected chi connectivity index (χ2v) is 8.34. The quantitative estimate of drug-likeness (QED) is 0.722. The molecule has 1 fully saturated rings. The molecule has 148 valence electrons. The molecule has 0 saturated heterocycles.